The van der Waals surface area contributed by atoms with Gasteiger partial charge in [0, 0.05) is 12.4 Å². The van der Waals surface area contributed by atoms with Gasteiger partial charge in [-0.3, -0.25) is 14.5 Å². The summed E-state index contributed by atoms with van der Waals surface area (Å²) in [6.45, 7) is -0.196. The van der Waals surface area contributed by atoms with Crippen LogP contribution in [0.2, 0.25) is 5.02 Å². The second kappa shape index (κ2) is 6.30. The van der Waals surface area contributed by atoms with Crippen molar-refractivity contribution in [1.82, 2.24) is 14.8 Å². The van der Waals surface area contributed by atoms with Gasteiger partial charge in [0.2, 0.25) is 0 Å². The molecule has 2 heterocycles. The van der Waals surface area contributed by atoms with Gasteiger partial charge in [-0.25, -0.2) is 0 Å². The van der Waals surface area contributed by atoms with Crippen molar-refractivity contribution in [2.75, 3.05) is 5.32 Å². The maximum Gasteiger partial charge on any atom is 0.471 e. The largest absolute Gasteiger partial charge is 0.471 e. The fourth-order valence-electron chi connectivity index (χ4n) is 1.61. The van der Waals surface area contributed by atoms with Crippen LogP contribution in [-0.4, -0.2) is 26.8 Å². The van der Waals surface area contributed by atoms with E-state index in [0.717, 1.165) is 17.1 Å². The van der Waals surface area contributed by atoms with Crippen LogP contribution < -0.4 is 5.32 Å². The van der Waals surface area contributed by atoms with Crippen LogP contribution in [0.4, 0.5) is 32.0 Å². The van der Waals surface area contributed by atoms with Gasteiger partial charge >= 0.3 is 18.3 Å². The zero-order valence-electron chi connectivity index (χ0n) is 11.4. The minimum absolute atomic E-state index is 0.0291. The van der Waals surface area contributed by atoms with Gasteiger partial charge in [0.25, 0.3) is 0 Å². The van der Waals surface area contributed by atoms with Crippen LogP contribution in [0.3, 0.4) is 0 Å². The number of carbonyl (C=O) groups is 1. The lowest BCUT2D eigenvalue weighted by Crippen LogP contribution is -2.29. The second-order valence-corrected chi connectivity index (χ2v) is 4.94. The summed E-state index contributed by atoms with van der Waals surface area (Å²) in [5, 5.41) is 4.98. The first-order valence-electron chi connectivity index (χ1n) is 6.09. The fourth-order valence-corrected chi connectivity index (χ4v) is 1.83. The topological polar surface area (TPSA) is 59.8 Å². The van der Waals surface area contributed by atoms with E-state index in [1.54, 1.807) is 5.32 Å². The molecule has 0 aromatic carbocycles. The molecule has 0 aliphatic rings. The lowest BCUT2D eigenvalue weighted by atomic mass is 10.2. The molecule has 12 heteroatoms. The Labute approximate surface area is 135 Å². The highest BCUT2D eigenvalue weighted by atomic mass is 35.5. The molecule has 1 amide bonds. The summed E-state index contributed by atoms with van der Waals surface area (Å²) in [5.41, 5.74) is -1.24. The summed E-state index contributed by atoms with van der Waals surface area (Å²) in [7, 11) is 0. The van der Waals surface area contributed by atoms with Crippen LogP contribution in [0.5, 0.6) is 0 Å². The third-order valence-corrected chi connectivity index (χ3v) is 3.03. The molecule has 0 aliphatic heterocycles. The summed E-state index contributed by atoms with van der Waals surface area (Å²) >= 11 is 5.71. The number of halogens is 7. The number of pyridine rings is 1. The number of nitrogens with one attached hydrogen (secondary N) is 1. The lowest BCUT2D eigenvalue weighted by Gasteiger charge is -2.09. The zero-order chi connectivity index (χ0) is 18.1. The molecular formula is C12H7ClF6N4O. The number of amides is 1. The molecule has 1 N–H and O–H groups in total. The highest BCUT2D eigenvalue weighted by Crippen LogP contribution is 2.31. The minimum Gasteiger partial charge on any atom is -0.316 e. The SMILES string of the molecule is O=C(Nc1cnn(Cc2ncc(C(F)(F)F)cc2Cl)c1)C(F)(F)F. The Bertz CT molecular complexity index is 755. The van der Waals surface area contributed by atoms with Crippen molar-refractivity contribution >= 4 is 23.2 Å². The molecule has 0 radical (unpaired) electrons. The average molecular weight is 373 g/mol. The van der Waals surface area contributed by atoms with Crippen molar-refractivity contribution < 1.29 is 31.1 Å². The molecule has 0 unspecified atom stereocenters. The van der Waals surface area contributed by atoms with E-state index in [-0.39, 0.29) is 22.9 Å². The van der Waals surface area contributed by atoms with E-state index in [4.69, 9.17) is 11.6 Å². The van der Waals surface area contributed by atoms with Gasteiger partial charge in [-0.05, 0) is 6.07 Å². The standard InChI is InChI=1S/C12H7ClF6N4O/c13-8-1-6(11(14,15)16)2-20-9(8)5-23-4-7(3-21-23)22-10(24)12(17,18)19/h1-4H,5H2,(H,22,24). The van der Waals surface area contributed by atoms with Gasteiger partial charge in [0.15, 0.2) is 0 Å². The third kappa shape index (κ3) is 4.37. The van der Waals surface area contributed by atoms with Crippen LogP contribution in [-0.2, 0) is 17.5 Å². The highest BCUT2D eigenvalue weighted by Gasteiger charge is 2.38. The molecule has 5 nitrogen and oxygen atoms in total. The Morgan fingerprint density at radius 1 is 1.21 bits per heavy atom. The minimum atomic E-state index is -5.06. The fraction of sp³-hybridized carbons (Fsp3) is 0.250. The molecule has 0 atom stereocenters. The van der Waals surface area contributed by atoms with Gasteiger partial charge in [-0.15, -0.1) is 0 Å². The average Bonchev–Trinajstić information content (AvgIpc) is 2.86. The number of anilines is 1. The predicted molar refractivity (Wildman–Crippen MR) is 70.3 cm³/mol. The molecule has 0 bridgehead atoms. The van der Waals surface area contributed by atoms with Crippen LogP contribution in [0, 0.1) is 0 Å². The first-order chi connectivity index (χ1) is 11.0. The second-order valence-electron chi connectivity index (χ2n) is 4.53. The van der Waals surface area contributed by atoms with Gasteiger partial charge in [-0.1, -0.05) is 11.6 Å². The summed E-state index contributed by atoms with van der Waals surface area (Å²) in [4.78, 5) is 14.3. The van der Waals surface area contributed by atoms with Crippen molar-refractivity contribution in [3.8, 4) is 0 Å². The molecule has 24 heavy (non-hydrogen) atoms. The van der Waals surface area contributed by atoms with E-state index in [1.165, 1.54) is 0 Å². The van der Waals surface area contributed by atoms with E-state index in [9.17, 15) is 31.1 Å². The van der Waals surface area contributed by atoms with Crippen LogP contribution in [0.15, 0.2) is 24.7 Å². The van der Waals surface area contributed by atoms with E-state index in [2.05, 4.69) is 10.1 Å². The van der Waals surface area contributed by atoms with Crippen molar-refractivity contribution in [2.24, 2.45) is 0 Å². The van der Waals surface area contributed by atoms with Gasteiger partial charge < -0.3 is 5.32 Å². The van der Waals surface area contributed by atoms with Gasteiger partial charge in [0.1, 0.15) is 0 Å². The molecule has 130 valence electrons. The molecule has 2 rings (SSSR count). The number of rotatable bonds is 3. The summed E-state index contributed by atoms with van der Waals surface area (Å²) in [5.74, 6) is -2.17. The Kier molecular flexibility index (Phi) is 4.74. The number of hydrogen-bond donors (Lipinski definition) is 1. The highest BCUT2D eigenvalue weighted by molar-refractivity contribution is 6.31. The Hall–Kier alpha value is -2.30. The van der Waals surface area contributed by atoms with Crippen molar-refractivity contribution in [1.29, 1.82) is 0 Å². The maximum atomic E-state index is 12.5. The molecule has 0 saturated heterocycles. The number of alkyl halides is 6. The van der Waals surface area contributed by atoms with E-state index >= 15 is 0 Å². The molecule has 0 fully saturated rings. The first-order valence-corrected chi connectivity index (χ1v) is 6.47. The van der Waals surface area contributed by atoms with Crippen molar-refractivity contribution in [2.45, 2.75) is 18.9 Å². The van der Waals surface area contributed by atoms with Crippen LogP contribution in [0.1, 0.15) is 11.3 Å². The number of hydrogen-bond acceptors (Lipinski definition) is 3. The number of aromatic nitrogens is 3. The van der Waals surface area contributed by atoms with E-state index in [1.807, 2.05) is 0 Å². The zero-order valence-corrected chi connectivity index (χ0v) is 12.2. The molecular weight excluding hydrogens is 366 g/mol. The molecule has 0 aliphatic carbocycles. The molecule has 0 saturated carbocycles. The van der Waals surface area contributed by atoms with Crippen LogP contribution in [0.25, 0.3) is 0 Å². The molecule has 2 aromatic rings. The Morgan fingerprint density at radius 2 is 1.88 bits per heavy atom. The van der Waals surface area contributed by atoms with Crippen LogP contribution >= 0.6 is 11.6 Å². The van der Waals surface area contributed by atoms with E-state index < -0.39 is 23.8 Å². The maximum absolute atomic E-state index is 12.5. The lowest BCUT2D eigenvalue weighted by molar-refractivity contribution is -0.167. The predicted octanol–water partition coefficient (Wildman–Crippen LogP) is 3.50. The summed E-state index contributed by atoms with van der Waals surface area (Å²) in [6, 6.07) is 0.680. The number of carbonyl (C=O) groups excluding carboxylic acids is 1. The third-order valence-electron chi connectivity index (χ3n) is 2.71. The molecule has 2 aromatic heterocycles. The summed E-state index contributed by atoms with van der Waals surface area (Å²) < 4.78 is 74.9. The normalized spacial score (nSPS) is 12.3. The smallest absolute Gasteiger partial charge is 0.316 e. The molecule has 0 spiro atoms. The summed E-state index contributed by atoms with van der Waals surface area (Å²) in [6.07, 6.45) is -7.08. The quantitative estimate of drug-likeness (QED) is 0.839. The van der Waals surface area contributed by atoms with Crippen molar-refractivity contribution in [3.05, 3.63) is 40.9 Å². The number of nitrogens with zero attached hydrogens (tertiary/aromatic N) is 3. The van der Waals surface area contributed by atoms with Crippen molar-refractivity contribution in [3.63, 3.8) is 0 Å². The Morgan fingerprint density at radius 3 is 2.42 bits per heavy atom. The van der Waals surface area contributed by atoms with Gasteiger partial charge in [0.05, 0.1) is 34.7 Å². The van der Waals surface area contributed by atoms with Gasteiger partial charge in [-0.2, -0.15) is 31.4 Å². The Balaban J connectivity index is 2.11. The monoisotopic (exact) mass is 372 g/mol. The van der Waals surface area contributed by atoms with E-state index in [0.29, 0.717) is 12.3 Å². The first kappa shape index (κ1) is 18.0.